The number of amides is 1. The van der Waals surface area contributed by atoms with E-state index < -0.39 is 0 Å². The third-order valence-electron chi connectivity index (χ3n) is 8.12. The summed E-state index contributed by atoms with van der Waals surface area (Å²) in [5.74, 6) is 3.41. The topological polar surface area (TPSA) is 47.6 Å². The van der Waals surface area contributed by atoms with Gasteiger partial charge in [-0.2, -0.15) is 0 Å². The number of methoxy groups -OCH3 is 2. The minimum absolute atomic E-state index is 0.149. The first kappa shape index (κ1) is 20.4. The van der Waals surface area contributed by atoms with Crippen molar-refractivity contribution in [2.75, 3.05) is 20.8 Å². The van der Waals surface area contributed by atoms with Gasteiger partial charge in [-0.3, -0.25) is 4.79 Å². The van der Waals surface area contributed by atoms with Crippen molar-refractivity contribution >= 4 is 5.91 Å². The molecule has 0 aliphatic heterocycles. The van der Waals surface area contributed by atoms with Crippen molar-refractivity contribution in [1.29, 1.82) is 0 Å². The summed E-state index contributed by atoms with van der Waals surface area (Å²) < 4.78 is 10.8. The Balaban J connectivity index is 1.32. The molecule has 2 aromatic rings. The van der Waals surface area contributed by atoms with Crippen LogP contribution in [-0.4, -0.2) is 26.7 Å². The van der Waals surface area contributed by atoms with Gasteiger partial charge in [-0.25, -0.2) is 0 Å². The molecule has 0 saturated heterocycles. The predicted octanol–water partition coefficient (Wildman–Crippen LogP) is 4.90. The number of rotatable bonds is 7. The molecule has 0 radical (unpaired) electrons. The van der Waals surface area contributed by atoms with E-state index in [0.717, 1.165) is 42.7 Å². The smallest absolute Gasteiger partial charge is 0.226 e. The highest BCUT2D eigenvalue weighted by atomic mass is 16.5. The average Bonchev–Trinajstić information content (AvgIpc) is 2.78. The second kappa shape index (κ2) is 7.89. The van der Waals surface area contributed by atoms with Crippen LogP contribution in [-0.2, 0) is 16.6 Å². The van der Waals surface area contributed by atoms with Crippen LogP contribution in [0, 0.1) is 17.3 Å². The van der Waals surface area contributed by atoms with Crippen molar-refractivity contribution in [1.82, 2.24) is 5.32 Å². The van der Waals surface area contributed by atoms with Crippen molar-refractivity contribution in [2.24, 2.45) is 17.3 Å². The van der Waals surface area contributed by atoms with Crippen LogP contribution in [0.1, 0.15) is 49.7 Å². The van der Waals surface area contributed by atoms with E-state index in [1.165, 1.54) is 24.8 Å². The Bertz CT molecular complexity index is 937. The Morgan fingerprint density at radius 2 is 1.68 bits per heavy atom. The largest absolute Gasteiger partial charge is 0.497 e. The average molecular weight is 420 g/mol. The van der Waals surface area contributed by atoms with Crippen molar-refractivity contribution in [3.05, 3.63) is 59.7 Å². The van der Waals surface area contributed by atoms with E-state index in [4.69, 9.17) is 9.47 Å². The SMILES string of the molecule is COc1ccc(C23C[C@H]4C[C@@H](CC(C(=O)NCCc5ccccc5OC)(C4)C2)C3)cc1. The fraction of sp³-hybridized carbons (Fsp3) is 0.519. The maximum absolute atomic E-state index is 13.6. The third-order valence-corrected chi connectivity index (χ3v) is 8.12. The lowest BCUT2D eigenvalue weighted by Crippen LogP contribution is -2.59. The van der Waals surface area contributed by atoms with Gasteiger partial charge in [0.1, 0.15) is 11.5 Å². The van der Waals surface area contributed by atoms with Crippen LogP contribution in [0.4, 0.5) is 0 Å². The molecule has 4 bridgehead atoms. The van der Waals surface area contributed by atoms with E-state index in [1.54, 1.807) is 14.2 Å². The summed E-state index contributed by atoms with van der Waals surface area (Å²) in [5.41, 5.74) is 2.49. The fourth-order valence-corrected chi connectivity index (χ4v) is 7.22. The highest BCUT2D eigenvalue weighted by Crippen LogP contribution is 2.65. The molecule has 0 aromatic heterocycles. The monoisotopic (exact) mass is 419 g/mol. The molecule has 4 nitrogen and oxygen atoms in total. The molecular formula is C27H33NO3. The van der Waals surface area contributed by atoms with Gasteiger partial charge in [-0.15, -0.1) is 0 Å². The number of nitrogens with one attached hydrogen (secondary N) is 1. The van der Waals surface area contributed by atoms with Crippen LogP contribution >= 0.6 is 0 Å². The standard InChI is InChI=1S/C27H33NO3/c1-30-23-9-7-22(8-10-23)26-14-19-13-20(15-26)17-27(16-19,18-26)25(29)28-12-11-21-5-3-4-6-24(21)31-2/h3-10,19-20H,11-18H2,1-2H3,(H,28,29)/t19-,20-,26?,27?/m1/s1. The van der Waals surface area contributed by atoms with E-state index >= 15 is 0 Å². The fourth-order valence-electron chi connectivity index (χ4n) is 7.22. The van der Waals surface area contributed by atoms with Gasteiger partial charge in [-0.05, 0) is 91.5 Å². The Hall–Kier alpha value is -2.49. The second-order valence-corrected chi connectivity index (χ2v) is 10.1. The number of ether oxygens (including phenoxy) is 2. The first-order valence-corrected chi connectivity index (χ1v) is 11.6. The Kier molecular flexibility index (Phi) is 5.19. The number of para-hydroxylation sites is 1. The number of carbonyl (C=O) groups is 1. The van der Waals surface area contributed by atoms with Crippen molar-refractivity contribution in [3.8, 4) is 11.5 Å². The minimum Gasteiger partial charge on any atom is -0.497 e. The molecule has 1 amide bonds. The van der Waals surface area contributed by atoms with Gasteiger partial charge < -0.3 is 14.8 Å². The predicted molar refractivity (Wildman–Crippen MR) is 121 cm³/mol. The summed E-state index contributed by atoms with van der Waals surface area (Å²) in [6.45, 7) is 0.659. The lowest BCUT2D eigenvalue weighted by atomic mass is 9.42. The number of hydrogen-bond donors (Lipinski definition) is 1. The highest BCUT2D eigenvalue weighted by Gasteiger charge is 2.60. The highest BCUT2D eigenvalue weighted by molar-refractivity contribution is 5.83. The molecular weight excluding hydrogens is 386 g/mol. The quantitative estimate of drug-likeness (QED) is 0.694. The van der Waals surface area contributed by atoms with Gasteiger partial charge in [0.15, 0.2) is 0 Å². The van der Waals surface area contributed by atoms with Crippen molar-refractivity contribution in [3.63, 3.8) is 0 Å². The van der Waals surface area contributed by atoms with E-state index in [2.05, 4.69) is 35.6 Å². The van der Waals surface area contributed by atoms with Crippen LogP contribution < -0.4 is 14.8 Å². The zero-order valence-electron chi connectivity index (χ0n) is 18.7. The summed E-state index contributed by atoms with van der Waals surface area (Å²) in [6, 6.07) is 16.7. The summed E-state index contributed by atoms with van der Waals surface area (Å²) in [7, 11) is 3.41. The molecule has 4 saturated carbocycles. The zero-order chi connectivity index (χ0) is 21.5. The van der Waals surface area contributed by atoms with Gasteiger partial charge in [0, 0.05) is 6.54 Å². The van der Waals surface area contributed by atoms with Crippen LogP contribution in [0.3, 0.4) is 0 Å². The number of carbonyl (C=O) groups excluding carboxylic acids is 1. The maximum Gasteiger partial charge on any atom is 0.226 e. The lowest BCUT2D eigenvalue weighted by Gasteiger charge is -2.61. The molecule has 0 heterocycles. The zero-order valence-corrected chi connectivity index (χ0v) is 18.7. The van der Waals surface area contributed by atoms with Crippen LogP contribution in [0.15, 0.2) is 48.5 Å². The molecule has 0 spiro atoms. The molecule has 6 rings (SSSR count). The van der Waals surface area contributed by atoms with Crippen molar-refractivity contribution < 1.29 is 14.3 Å². The van der Waals surface area contributed by atoms with E-state index in [-0.39, 0.29) is 16.7 Å². The molecule has 4 aliphatic carbocycles. The number of hydrogen-bond acceptors (Lipinski definition) is 3. The van der Waals surface area contributed by atoms with Crippen LogP contribution in [0.2, 0.25) is 0 Å². The third kappa shape index (κ3) is 3.60. The van der Waals surface area contributed by atoms with E-state index in [0.29, 0.717) is 18.4 Å². The first-order valence-electron chi connectivity index (χ1n) is 11.6. The van der Waals surface area contributed by atoms with Gasteiger partial charge in [0.25, 0.3) is 0 Å². The molecule has 1 N–H and O–H groups in total. The molecule has 4 aliphatic rings. The Labute approximate surface area is 185 Å². The molecule has 31 heavy (non-hydrogen) atoms. The molecule has 2 aromatic carbocycles. The van der Waals surface area contributed by atoms with Gasteiger partial charge >= 0.3 is 0 Å². The van der Waals surface area contributed by atoms with Crippen LogP contribution in [0.25, 0.3) is 0 Å². The summed E-state index contributed by atoms with van der Waals surface area (Å²) in [5, 5.41) is 3.31. The summed E-state index contributed by atoms with van der Waals surface area (Å²) in [4.78, 5) is 13.6. The minimum atomic E-state index is -0.204. The van der Waals surface area contributed by atoms with Crippen molar-refractivity contribution in [2.45, 2.75) is 50.4 Å². The normalized spacial score (nSPS) is 30.8. The number of benzene rings is 2. The van der Waals surface area contributed by atoms with E-state index in [9.17, 15) is 4.79 Å². The van der Waals surface area contributed by atoms with E-state index in [1.807, 2.05) is 18.2 Å². The Morgan fingerprint density at radius 3 is 2.35 bits per heavy atom. The lowest BCUT2D eigenvalue weighted by molar-refractivity contribution is -0.149. The maximum atomic E-state index is 13.6. The summed E-state index contributed by atoms with van der Waals surface area (Å²) in [6.07, 6.45) is 7.65. The van der Waals surface area contributed by atoms with Crippen LogP contribution in [0.5, 0.6) is 11.5 Å². The second-order valence-electron chi connectivity index (χ2n) is 10.1. The molecule has 0 unspecified atom stereocenters. The first-order chi connectivity index (χ1) is 15.1. The van der Waals surface area contributed by atoms with Gasteiger partial charge in [-0.1, -0.05) is 30.3 Å². The Morgan fingerprint density at radius 1 is 0.968 bits per heavy atom. The van der Waals surface area contributed by atoms with Gasteiger partial charge in [0.2, 0.25) is 5.91 Å². The molecule has 2 atom stereocenters. The summed E-state index contributed by atoms with van der Waals surface area (Å²) >= 11 is 0. The van der Waals surface area contributed by atoms with Gasteiger partial charge in [0.05, 0.1) is 19.6 Å². The molecule has 4 fully saturated rings. The molecule has 4 heteroatoms. The molecule has 164 valence electrons.